The number of nitrogens with two attached hydrogens (primary N) is 1. The number of piperidine rings is 1. The number of halogens is 1. The van der Waals surface area contributed by atoms with E-state index in [1.165, 1.54) is 4.88 Å². The van der Waals surface area contributed by atoms with E-state index in [1.54, 1.807) is 11.3 Å². The minimum atomic E-state index is -0.674. The number of nitrogen functional groups attached to an aromatic ring is 1. The van der Waals surface area contributed by atoms with Crippen LogP contribution >= 0.6 is 11.3 Å². The lowest BCUT2D eigenvalue weighted by atomic mass is 9.74. The molecule has 0 radical (unpaired) electrons. The highest BCUT2D eigenvalue weighted by atomic mass is 32.1. The number of thiophene rings is 1. The Morgan fingerprint density at radius 2 is 1.65 bits per heavy atom. The Bertz CT molecular complexity index is 1500. The summed E-state index contributed by atoms with van der Waals surface area (Å²) in [4.78, 5) is 17.8. The van der Waals surface area contributed by atoms with E-state index in [4.69, 9.17) is 20.4 Å². The number of nitrogens with zero attached hydrogens (tertiary/aromatic N) is 7. The number of nitrogens with one attached hydrogen (secondary N) is 1. The van der Waals surface area contributed by atoms with E-state index in [9.17, 15) is 14.9 Å². The predicted molar refractivity (Wildman–Crippen MR) is 162 cm³/mol. The number of anilines is 3. The highest BCUT2D eigenvalue weighted by Gasteiger charge is 2.52. The van der Waals surface area contributed by atoms with Gasteiger partial charge in [-0.2, -0.15) is 20.5 Å². The molecule has 2 atom stereocenters. The molecule has 6 heterocycles. The Hall–Kier alpha value is -3.19. The minimum Gasteiger partial charge on any atom is -0.463 e. The van der Waals surface area contributed by atoms with Crippen molar-refractivity contribution >= 4 is 28.0 Å². The molecular formula is C31H38FN9OS. The van der Waals surface area contributed by atoms with Crippen LogP contribution < -0.4 is 25.6 Å². The quantitative estimate of drug-likeness (QED) is 0.487. The van der Waals surface area contributed by atoms with Crippen molar-refractivity contribution in [2.75, 3.05) is 68.0 Å². The van der Waals surface area contributed by atoms with Crippen molar-refractivity contribution in [2.24, 2.45) is 5.41 Å². The van der Waals surface area contributed by atoms with Crippen LogP contribution in [0.3, 0.4) is 0 Å². The molecule has 10 nitrogen and oxygen atoms in total. The SMILES string of the molecule is N#Cc1c(N2C[C@H]3CC[C@@H](C2)N3)nc(OCC2(CN3CCC(F)CC3)CC2)nc1N1CC2(CCc3sc(N)c(C#N)c32)C1. The van der Waals surface area contributed by atoms with Crippen molar-refractivity contribution < 1.29 is 9.13 Å². The molecule has 12 heteroatoms. The van der Waals surface area contributed by atoms with Crippen LogP contribution in [-0.2, 0) is 11.8 Å². The van der Waals surface area contributed by atoms with Gasteiger partial charge in [-0.05, 0) is 56.9 Å². The van der Waals surface area contributed by atoms with E-state index in [0.717, 1.165) is 76.8 Å². The molecule has 1 saturated carbocycles. The number of rotatable bonds is 7. The van der Waals surface area contributed by atoms with Crippen LogP contribution in [0.15, 0.2) is 0 Å². The smallest absolute Gasteiger partial charge is 0.320 e. The minimum absolute atomic E-state index is 0.0581. The summed E-state index contributed by atoms with van der Waals surface area (Å²) in [6, 6.07) is 5.94. The highest BCUT2D eigenvalue weighted by Crippen LogP contribution is 2.53. The van der Waals surface area contributed by atoms with E-state index in [-0.39, 0.29) is 10.8 Å². The fraction of sp³-hybridized carbons (Fsp3) is 0.677. The molecule has 4 aliphatic heterocycles. The standard InChI is InChI=1S/C31H38FN9OS/c32-19-4-9-39(10-5-19)15-30(7-8-30)18-42-29-37-27(40-13-20-1-2-21(14-40)36-20)23(12-34)28(38-29)41-16-31(17-41)6-3-24-25(31)22(11-33)26(35)43-24/h19-21,36H,1-10,13-18,35H2/t20-,21+. The molecule has 6 aliphatic rings. The molecule has 8 rings (SSSR count). The Morgan fingerprint density at radius 3 is 2.30 bits per heavy atom. The summed E-state index contributed by atoms with van der Waals surface area (Å²) >= 11 is 1.55. The Kier molecular flexibility index (Phi) is 6.48. The second-order valence-corrected chi connectivity index (χ2v) is 14.9. The molecule has 0 amide bonds. The lowest BCUT2D eigenvalue weighted by Gasteiger charge is -2.49. The molecule has 1 spiro atoms. The van der Waals surface area contributed by atoms with Crippen LogP contribution in [0.25, 0.3) is 0 Å². The summed E-state index contributed by atoms with van der Waals surface area (Å²) in [5.41, 5.74) is 8.39. The lowest BCUT2D eigenvalue weighted by Crippen LogP contribution is -2.59. The topological polar surface area (TPSA) is 130 Å². The number of piperazine rings is 1. The number of aryl methyl sites for hydroxylation is 1. The number of ether oxygens (including phenoxy) is 1. The van der Waals surface area contributed by atoms with Crippen LogP contribution in [0.5, 0.6) is 6.01 Å². The van der Waals surface area contributed by atoms with Crippen LogP contribution in [0.1, 0.15) is 66.5 Å². The zero-order chi connectivity index (χ0) is 29.3. The van der Waals surface area contributed by atoms with E-state index in [1.807, 2.05) is 0 Å². The average molecular weight is 604 g/mol. The molecule has 2 aliphatic carbocycles. The predicted octanol–water partition coefficient (Wildman–Crippen LogP) is 3.10. The van der Waals surface area contributed by atoms with Crippen molar-refractivity contribution in [2.45, 2.75) is 75.0 Å². The Morgan fingerprint density at radius 1 is 0.977 bits per heavy atom. The molecule has 226 valence electrons. The number of aromatic nitrogens is 2. The van der Waals surface area contributed by atoms with Gasteiger partial charge in [-0.25, -0.2) is 4.39 Å². The summed E-state index contributed by atoms with van der Waals surface area (Å²) < 4.78 is 20.1. The largest absolute Gasteiger partial charge is 0.463 e. The van der Waals surface area contributed by atoms with Gasteiger partial charge in [0.25, 0.3) is 0 Å². The first-order valence-corrected chi connectivity index (χ1v) is 16.6. The number of likely N-dealkylation sites (tertiary alicyclic amines) is 1. The number of alkyl halides is 1. The van der Waals surface area contributed by atoms with Crippen molar-refractivity contribution in [3.05, 3.63) is 21.6 Å². The van der Waals surface area contributed by atoms with Crippen LogP contribution in [0.2, 0.25) is 0 Å². The molecule has 0 unspecified atom stereocenters. The number of hydrogen-bond acceptors (Lipinski definition) is 11. The maximum atomic E-state index is 13.7. The maximum Gasteiger partial charge on any atom is 0.320 e. The molecule has 2 aromatic rings. The average Bonchev–Trinajstić information content (AvgIpc) is 3.36. The van der Waals surface area contributed by atoms with Gasteiger partial charge in [0.15, 0.2) is 11.6 Å². The van der Waals surface area contributed by atoms with Gasteiger partial charge in [0.05, 0.1) is 12.2 Å². The lowest BCUT2D eigenvalue weighted by molar-refractivity contribution is 0.107. The summed E-state index contributed by atoms with van der Waals surface area (Å²) in [7, 11) is 0. The summed E-state index contributed by atoms with van der Waals surface area (Å²) in [5.74, 6) is 1.30. The molecule has 4 saturated heterocycles. The fourth-order valence-electron chi connectivity index (χ4n) is 8.26. The summed E-state index contributed by atoms with van der Waals surface area (Å²) in [5, 5.41) is 24.6. The Balaban J connectivity index is 1.07. The van der Waals surface area contributed by atoms with Gasteiger partial charge in [-0.3, -0.25) is 0 Å². The van der Waals surface area contributed by atoms with Gasteiger partial charge >= 0.3 is 6.01 Å². The second-order valence-electron chi connectivity index (χ2n) is 13.8. The molecule has 2 aromatic heterocycles. The molecule has 5 fully saturated rings. The van der Waals surface area contributed by atoms with Crippen LogP contribution in [-0.4, -0.2) is 85.5 Å². The highest BCUT2D eigenvalue weighted by molar-refractivity contribution is 7.16. The molecular weight excluding hydrogens is 565 g/mol. The Labute approximate surface area is 255 Å². The van der Waals surface area contributed by atoms with Gasteiger partial charge in [-0.1, -0.05) is 0 Å². The molecule has 2 bridgehead atoms. The van der Waals surface area contributed by atoms with Crippen molar-refractivity contribution in [1.82, 2.24) is 20.2 Å². The van der Waals surface area contributed by atoms with Crippen molar-refractivity contribution in [3.8, 4) is 18.1 Å². The second kappa shape index (κ2) is 10.2. The van der Waals surface area contributed by atoms with E-state index in [0.29, 0.717) is 78.4 Å². The first kappa shape index (κ1) is 27.4. The first-order valence-electron chi connectivity index (χ1n) is 15.8. The van der Waals surface area contributed by atoms with Gasteiger partial charge in [0, 0.05) is 73.6 Å². The van der Waals surface area contributed by atoms with Crippen LogP contribution in [0.4, 0.5) is 21.0 Å². The van der Waals surface area contributed by atoms with Crippen LogP contribution in [0, 0.1) is 28.1 Å². The zero-order valence-electron chi connectivity index (χ0n) is 24.4. The molecule has 43 heavy (non-hydrogen) atoms. The zero-order valence-corrected chi connectivity index (χ0v) is 25.3. The summed E-state index contributed by atoms with van der Waals surface area (Å²) in [6.07, 6.45) is 6.90. The van der Waals surface area contributed by atoms with Gasteiger partial charge in [0.1, 0.15) is 28.9 Å². The number of hydrogen-bond donors (Lipinski definition) is 2. The van der Waals surface area contributed by atoms with Gasteiger partial charge < -0.3 is 30.5 Å². The summed E-state index contributed by atoms with van der Waals surface area (Å²) in [6.45, 7) is 6.04. The molecule has 0 aromatic carbocycles. The van der Waals surface area contributed by atoms with E-state index < -0.39 is 6.17 Å². The third-order valence-electron chi connectivity index (χ3n) is 10.8. The fourth-order valence-corrected chi connectivity index (χ4v) is 9.40. The van der Waals surface area contributed by atoms with Gasteiger partial charge in [-0.15, -0.1) is 11.3 Å². The third-order valence-corrected chi connectivity index (χ3v) is 11.9. The van der Waals surface area contributed by atoms with E-state index >= 15 is 0 Å². The maximum absolute atomic E-state index is 13.7. The third kappa shape index (κ3) is 4.70. The van der Waals surface area contributed by atoms with E-state index in [2.05, 4.69) is 32.2 Å². The first-order chi connectivity index (χ1) is 20.9. The van der Waals surface area contributed by atoms with Crippen molar-refractivity contribution in [1.29, 1.82) is 10.5 Å². The number of fused-ring (bicyclic) bond motifs is 4. The normalized spacial score (nSPS) is 27.0. The number of nitriles is 2. The van der Waals surface area contributed by atoms with Crippen molar-refractivity contribution in [3.63, 3.8) is 0 Å². The monoisotopic (exact) mass is 603 g/mol. The van der Waals surface area contributed by atoms with Gasteiger partial charge in [0.2, 0.25) is 0 Å². The molecule has 3 N–H and O–H groups in total.